The average molecular weight is 320 g/mol. The van der Waals surface area contributed by atoms with Gasteiger partial charge < -0.3 is 10.1 Å². The van der Waals surface area contributed by atoms with Crippen molar-refractivity contribution in [3.63, 3.8) is 0 Å². The van der Waals surface area contributed by atoms with Gasteiger partial charge in [-0.1, -0.05) is 12.1 Å². The molecule has 1 aliphatic carbocycles. The molecule has 1 N–H and O–H groups in total. The molecule has 1 aromatic rings. The number of carbonyl (C=O) groups is 2. The van der Waals surface area contributed by atoms with E-state index in [4.69, 9.17) is 4.74 Å². The topological polar surface area (TPSA) is 98.5 Å². The monoisotopic (exact) mass is 320 g/mol. The predicted octanol–water partition coefficient (Wildman–Crippen LogP) is 3.22. The Balaban J connectivity index is 2.25. The lowest BCUT2D eigenvalue weighted by atomic mass is 9.71. The van der Waals surface area contributed by atoms with E-state index in [-0.39, 0.29) is 11.3 Å². The summed E-state index contributed by atoms with van der Waals surface area (Å²) in [6.45, 7) is 5.18. The van der Waals surface area contributed by atoms with E-state index in [1.165, 1.54) is 18.2 Å². The first kappa shape index (κ1) is 16.9. The summed E-state index contributed by atoms with van der Waals surface area (Å²) in [5.74, 6) is -0.443. The van der Waals surface area contributed by atoms with Crippen LogP contribution in [0.2, 0.25) is 0 Å². The van der Waals surface area contributed by atoms with Gasteiger partial charge in [-0.15, -0.1) is 0 Å². The first-order valence-electron chi connectivity index (χ1n) is 7.44. The lowest BCUT2D eigenvalue weighted by Crippen LogP contribution is -2.59. The molecule has 7 nitrogen and oxygen atoms in total. The van der Waals surface area contributed by atoms with Crippen LogP contribution in [0.25, 0.3) is 0 Å². The van der Waals surface area contributed by atoms with Gasteiger partial charge in [0.1, 0.15) is 11.1 Å². The van der Waals surface area contributed by atoms with Gasteiger partial charge in [0.05, 0.1) is 10.5 Å². The molecule has 124 valence electrons. The fourth-order valence-corrected chi connectivity index (χ4v) is 2.52. The summed E-state index contributed by atoms with van der Waals surface area (Å²) < 4.78 is 5.20. The minimum absolute atomic E-state index is 0.00765. The van der Waals surface area contributed by atoms with Gasteiger partial charge in [0.15, 0.2) is 5.78 Å². The van der Waals surface area contributed by atoms with Gasteiger partial charge >= 0.3 is 6.09 Å². The third-order valence-electron chi connectivity index (χ3n) is 3.73. The van der Waals surface area contributed by atoms with Crippen molar-refractivity contribution in [2.24, 2.45) is 0 Å². The lowest BCUT2D eigenvalue weighted by Gasteiger charge is -2.41. The molecule has 0 atom stereocenters. The highest BCUT2D eigenvalue weighted by molar-refractivity contribution is 6.08. The quantitative estimate of drug-likeness (QED) is 0.521. The van der Waals surface area contributed by atoms with Gasteiger partial charge in [-0.05, 0) is 46.1 Å². The van der Waals surface area contributed by atoms with Crippen molar-refractivity contribution in [2.75, 3.05) is 0 Å². The maximum atomic E-state index is 12.8. The summed E-state index contributed by atoms with van der Waals surface area (Å²) in [5, 5.41) is 13.7. The van der Waals surface area contributed by atoms with Crippen molar-refractivity contribution in [3.8, 4) is 0 Å². The van der Waals surface area contributed by atoms with Gasteiger partial charge in [0, 0.05) is 6.07 Å². The van der Waals surface area contributed by atoms with Crippen molar-refractivity contribution in [3.05, 3.63) is 39.9 Å². The van der Waals surface area contributed by atoms with Crippen LogP contribution in [0.15, 0.2) is 24.3 Å². The van der Waals surface area contributed by atoms with E-state index in [0.29, 0.717) is 12.8 Å². The fraction of sp³-hybridized carbons (Fsp3) is 0.500. The molecule has 0 unspecified atom stereocenters. The number of ether oxygens (including phenoxy) is 1. The predicted molar refractivity (Wildman–Crippen MR) is 83.4 cm³/mol. The molecule has 1 aromatic carbocycles. The summed E-state index contributed by atoms with van der Waals surface area (Å²) in [6.07, 6.45) is 0.959. The molecule has 2 rings (SSSR count). The number of rotatable bonds is 4. The fourth-order valence-electron chi connectivity index (χ4n) is 2.52. The lowest BCUT2D eigenvalue weighted by molar-refractivity contribution is -0.385. The standard InChI is InChI=1S/C16H20N2O5/c1-15(2,3)23-14(20)17-16(9-6-10-16)13(19)11-7-4-5-8-12(11)18(21)22/h4-5,7-8H,6,9-10H2,1-3H3,(H,17,20). The second-order valence-corrected chi connectivity index (χ2v) is 6.67. The molecule has 0 aliphatic heterocycles. The highest BCUT2D eigenvalue weighted by atomic mass is 16.6. The van der Waals surface area contributed by atoms with E-state index in [9.17, 15) is 19.7 Å². The highest BCUT2D eigenvalue weighted by Gasteiger charge is 2.48. The van der Waals surface area contributed by atoms with Crippen LogP contribution in [0.3, 0.4) is 0 Å². The molecule has 1 fully saturated rings. The van der Waals surface area contributed by atoms with E-state index < -0.39 is 27.9 Å². The molecule has 0 radical (unpaired) electrons. The van der Waals surface area contributed by atoms with Crippen molar-refractivity contribution < 1.29 is 19.2 Å². The molecular weight excluding hydrogens is 300 g/mol. The van der Waals surface area contributed by atoms with E-state index >= 15 is 0 Å². The zero-order chi connectivity index (χ0) is 17.3. The normalized spacial score (nSPS) is 16.1. The maximum absolute atomic E-state index is 12.8. The first-order valence-corrected chi connectivity index (χ1v) is 7.44. The third-order valence-corrected chi connectivity index (χ3v) is 3.73. The van der Waals surface area contributed by atoms with Gasteiger partial charge in [0.25, 0.3) is 5.69 Å². The zero-order valence-corrected chi connectivity index (χ0v) is 13.4. The largest absolute Gasteiger partial charge is 0.444 e. The highest BCUT2D eigenvalue weighted by Crippen LogP contribution is 2.37. The molecule has 1 amide bonds. The number of para-hydroxylation sites is 1. The Labute approximate surface area is 134 Å². The number of ketones is 1. The van der Waals surface area contributed by atoms with E-state index in [1.807, 2.05) is 0 Å². The third kappa shape index (κ3) is 3.67. The molecule has 0 bridgehead atoms. The number of nitro groups is 1. The summed E-state index contributed by atoms with van der Waals surface area (Å²) in [7, 11) is 0. The molecule has 23 heavy (non-hydrogen) atoms. The van der Waals surface area contributed by atoms with Gasteiger partial charge in [0.2, 0.25) is 0 Å². The molecule has 0 saturated heterocycles. The summed E-state index contributed by atoms with van der Waals surface area (Å²) in [6, 6.07) is 5.77. The number of alkyl carbamates (subject to hydrolysis) is 1. The Morgan fingerprint density at radius 1 is 1.26 bits per heavy atom. The van der Waals surface area contributed by atoms with Crippen LogP contribution in [0.4, 0.5) is 10.5 Å². The minimum Gasteiger partial charge on any atom is -0.444 e. The Hall–Kier alpha value is -2.44. The molecule has 0 spiro atoms. The minimum atomic E-state index is -1.12. The Morgan fingerprint density at radius 2 is 1.87 bits per heavy atom. The molecule has 1 saturated carbocycles. The molecule has 1 aliphatic rings. The average Bonchev–Trinajstić information content (AvgIpc) is 2.40. The van der Waals surface area contributed by atoms with Crippen molar-refractivity contribution in [2.45, 2.75) is 51.2 Å². The smallest absolute Gasteiger partial charge is 0.408 e. The Kier molecular flexibility index (Phi) is 4.40. The van der Waals surface area contributed by atoms with Crippen LogP contribution < -0.4 is 5.32 Å². The number of amides is 1. The van der Waals surface area contributed by atoms with E-state index in [0.717, 1.165) is 6.42 Å². The van der Waals surface area contributed by atoms with Gasteiger partial charge in [-0.3, -0.25) is 14.9 Å². The number of benzene rings is 1. The molecule has 0 aromatic heterocycles. The SMILES string of the molecule is CC(C)(C)OC(=O)NC1(C(=O)c2ccccc2[N+](=O)[O-])CCC1. The number of Topliss-reactive ketones (excluding diaryl/α,β-unsaturated/α-hetero) is 1. The first-order chi connectivity index (χ1) is 10.6. The van der Waals surface area contributed by atoms with Crippen LogP contribution in [0.5, 0.6) is 0 Å². The zero-order valence-electron chi connectivity index (χ0n) is 13.4. The molecular formula is C16H20N2O5. The second kappa shape index (κ2) is 5.98. The van der Waals surface area contributed by atoms with E-state index in [2.05, 4.69) is 5.32 Å². The summed E-state index contributed by atoms with van der Waals surface area (Å²) in [5.41, 5.74) is -2.05. The van der Waals surface area contributed by atoms with Crippen molar-refractivity contribution >= 4 is 17.6 Å². The summed E-state index contributed by atoms with van der Waals surface area (Å²) >= 11 is 0. The molecule has 0 heterocycles. The van der Waals surface area contributed by atoms with Crippen LogP contribution in [0, 0.1) is 10.1 Å². The van der Waals surface area contributed by atoms with Crippen molar-refractivity contribution in [1.82, 2.24) is 5.32 Å². The maximum Gasteiger partial charge on any atom is 0.408 e. The number of hydrogen-bond donors (Lipinski definition) is 1. The van der Waals surface area contributed by atoms with Crippen LogP contribution in [-0.4, -0.2) is 27.9 Å². The van der Waals surface area contributed by atoms with E-state index in [1.54, 1.807) is 26.8 Å². The number of nitro benzene ring substituents is 1. The van der Waals surface area contributed by atoms with Crippen molar-refractivity contribution in [1.29, 1.82) is 0 Å². The number of nitrogens with one attached hydrogen (secondary N) is 1. The van der Waals surface area contributed by atoms with Gasteiger partial charge in [-0.2, -0.15) is 0 Å². The Morgan fingerprint density at radius 3 is 2.35 bits per heavy atom. The van der Waals surface area contributed by atoms with Gasteiger partial charge in [-0.25, -0.2) is 4.79 Å². The van der Waals surface area contributed by atoms with Crippen LogP contribution in [-0.2, 0) is 4.74 Å². The number of carbonyl (C=O) groups excluding carboxylic acids is 2. The summed E-state index contributed by atoms with van der Waals surface area (Å²) in [4.78, 5) is 35.3. The second-order valence-electron chi connectivity index (χ2n) is 6.67. The van der Waals surface area contributed by atoms with Crippen LogP contribution >= 0.6 is 0 Å². The number of nitrogens with zero attached hydrogens (tertiary/aromatic N) is 1. The number of hydrogen-bond acceptors (Lipinski definition) is 5. The Bertz CT molecular complexity index is 644. The molecule has 7 heteroatoms. The van der Waals surface area contributed by atoms with Crippen LogP contribution in [0.1, 0.15) is 50.4 Å².